The summed E-state index contributed by atoms with van der Waals surface area (Å²) < 4.78 is 7.19. The number of amides is 1. The first-order chi connectivity index (χ1) is 15.4. The van der Waals surface area contributed by atoms with Crippen LogP contribution < -0.4 is 15.8 Å². The van der Waals surface area contributed by atoms with Crippen molar-refractivity contribution < 1.29 is 9.53 Å². The summed E-state index contributed by atoms with van der Waals surface area (Å²) >= 11 is 0. The first-order valence-corrected chi connectivity index (χ1v) is 10.8. The maximum Gasteiger partial charge on any atom is 0.255 e. The van der Waals surface area contributed by atoms with E-state index in [9.17, 15) is 9.59 Å². The van der Waals surface area contributed by atoms with Gasteiger partial charge in [-0.05, 0) is 51.5 Å². The second kappa shape index (κ2) is 9.35. The lowest BCUT2D eigenvalue weighted by Crippen LogP contribution is -2.38. The molecule has 1 fully saturated rings. The molecule has 0 spiro atoms. The number of aromatic nitrogens is 4. The van der Waals surface area contributed by atoms with Gasteiger partial charge < -0.3 is 15.0 Å². The standard InChI is InChI=1S/C23H28N6O3/c1-15-13-16(2)29(27-15)19-6-4-5-18(14-19)25-21(30)8-7-20-17(3)24-23(26-22(20)31)28-9-11-32-12-10-28/h4-6,13-14H,7-12H2,1-3H3,(H,25,30)(H,24,26,31). The van der Waals surface area contributed by atoms with Crippen LogP contribution in [0.2, 0.25) is 0 Å². The Balaban J connectivity index is 1.41. The quantitative estimate of drug-likeness (QED) is 0.614. The Hall–Kier alpha value is -3.46. The Bertz CT molecular complexity index is 1180. The van der Waals surface area contributed by atoms with Gasteiger partial charge in [0.1, 0.15) is 0 Å². The number of hydrogen-bond acceptors (Lipinski definition) is 6. The fourth-order valence-electron chi connectivity index (χ4n) is 3.88. The highest BCUT2D eigenvalue weighted by atomic mass is 16.5. The normalized spacial score (nSPS) is 13.9. The number of nitrogens with one attached hydrogen (secondary N) is 2. The van der Waals surface area contributed by atoms with E-state index in [0.717, 1.165) is 17.1 Å². The average Bonchev–Trinajstić information content (AvgIpc) is 3.11. The van der Waals surface area contributed by atoms with Crippen molar-refractivity contribution >= 4 is 17.5 Å². The molecule has 1 saturated heterocycles. The Morgan fingerprint density at radius 2 is 1.97 bits per heavy atom. The Kier molecular flexibility index (Phi) is 6.36. The molecular weight excluding hydrogens is 408 g/mol. The number of aromatic amines is 1. The fourth-order valence-corrected chi connectivity index (χ4v) is 3.88. The molecule has 9 heteroatoms. The number of hydrogen-bond donors (Lipinski definition) is 2. The van der Waals surface area contributed by atoms with Gasteiger partial charge >= 0.3 is 0 Å². The van der Waals surface area contributed by atoms with Gasteiger partial charge in [0.2, 0.25) is 11.9 Å². The van der Waals surface area contributed by atoms with Gasteiger partial charge in [0.25, 0.3) is 5.56 Å². The molecule has 0 atom stereocenters. The zero-order chi connectivity index (χ0) is 22.7. The summed E-state index contributed by atoms with van der Waals surface area (Å²) in [5, 5.41) is 7.40. The van der Waals surface area contributed by atoms with Crippen molar-refractivity contribution in [2.45, 2.75) is 33.6 Å². The molecular formula is C23H28N6O3. The lowest BCUT2D eigenvalue weighted by Gasteiger charge is -2.27. The summed E-state index contributed by atoms with van der Waals surface area (Å²) in [5.41, 5.74) is 4.51. The van der Waals surface area contributed by atoms with Crippen molar-refractivity contribution in [3.63, 3.8) is 0 Å². The summed E-state index contributed by atoms with van der Waals surface area (Å²) in [5.74, 6) is 0.400. The predicted molar refractivity (Wildman–Crippen MR) is 123 cm³/mol. The van der Waals surface area contributed by atoms with E-state index in [1.807, 2.05) is 60.7 Å². The van der Waals surface area contributed by atoms with E-state index in [1.165, 1.54) is 0 Å². The smallest absolute Gasteiger partial charge is 0.255 e. The third-order valence-corrected chi connectivity index (χ3v) is 5.51. The minimum atomic E-state index is -0.196. The molecule has 2 aromatic heterocycles. The van der Waals surface area contributed by atoms with Gasteiger partial charge in [0, 0.05) is 42.1 Å². The Morgan fingerprint density at radius 3 is 2.66 bits per heavy atom. The molecule has 1 aliphatic heterocycles. The summed E-state index contributed by atoms with van der Waals surface area (Å²) in [6, 6.07) is 9.55. The number of carbonyl (C=O) groups excluding carboxylic acids is 1. The minimum absolute atomic E-state index is 0.161. The zero-order valence-corrected chi connectivity index (χ0v) is 18.6. The molecule has 1 aliphatic rings. The number of morpholine rings is 1. The van der Waals surface area contributed by atoms with Crippen molar-refractivity contribution in [3.8, 4) is 5.69 Å². The van der Waals surface area contributed by atoms with E-state index < -0.39 is 0 Å². The number of ether oxygens (including phenoxy) is 1. The number of anilines is 2. The van der Waals surface area contributed by atoms with E-state index in [2.05, 4.69) is 20.4 Å². The molecule has 3 heterocycles. The van der Waals surface area contributed by atoms with Crippen LogP contribution in [0, 0.1) is 20.8 Å². The minimum Gasteiger partial charge on any atom is -0.378 e. The first kappa shape index (κ1) is 21.8. The van der Waals surface area contributed by atoms with Crippen molar-refractivity contribution in [1.29, 1.82) is 0 Å². The summed E-state index contributed by atoms with van der Waals surface area (Å²) in [7, 11) is 0. The van der Waals surface area contributed by atoms with Crippen LogP contribution in [0.4, 0.5) is 11.6 Å². The SMILES string of the molecule is Cc1cc(C)n(-c2cccc(NC(=O)CCc3c(C)nc(N4CCOCC4)[nH]c3=O)c2)n1. The molecule has 1 amide bonds. The van der Waals surface area contributed by atoms with E-state index >= 15 is 0 Å². The topological polar surface area (TPSA) is 105 Å². The van der Waals surface area contributed by atoms with Crippen LogP contribution in [0.15, 0.2) is 35.1 Å². The average molecular weight is 437 g/mol. The molecule has 0 saturated carbocycles. The van der Waals surface area contributed by atoms with E-state index in [-0.39, 0.29) is 17.9 Å². The monoisotopic (exact) mass is 436 g/mol. The van der Waals surface area contributed by atoms with Crippen LogP contribution in [0.3, 0.4) is 0 Å². The lowest BCUT2D eigenvalue weighted by atomic mass is 10.1. The number of carbonyl (C=O) groups is 1. The van der Waals surface area contributed by atoms with Gasteiger partial charge in [0.05, 0.1) is 24.6 Å². The molecule has 0 aliphatic carbocycles. The van der Waals surface area contributed by atoms with Gasteiger partial charge in [-0.3, -0.25) is 14.6 Å². The Labute approximate surface area is 186 Å². The number of nitrogens with zero attached hydrogens (tertiary/aromatic N) is 4. The molecule has 4 rings (SSSR count). The first-order valence-electron chi connectivity index (χ1n) is 10.8. The van der Waals surface area contributed by atoms with Crippen LogP contribution in [0.1, 0.15) is 29.1 Å². The highest BCUT2D eigenvalue weighted by molar-refractivity contribution is 5.91. The third kappa shape index (κ3) is 4.88. The molecule has 9 nitrogen and oxygen atoms in total. The fraction of sp³-hybridized carbons (Fsp3) is 0.391. The van der Waals surface area contributed by atoms with Crippen LogP contribution in [0.5, 0.6) is 0 Å². The Morgan fingerprint density at radius 1 is 1.19 bits per heavy atom. The van der Waals surface area contributed by atoms with E-state index in [4.69, 9.17) is 4.74 Å². The number of aryl methyl sites for hydroxylation is 3. The van der Waals surface area contributed by atoms with Crippen molar-refractivity contribution in [2.75, 3.05) is 36.5 Å². The number of rotatable bonds is 6. The second-order valence-electron chi connectivity index (χ2n) is 7.99. The second-order valence-corrected chi connectivity index (χ2v) is 7.99. The molecule has 0 radical (unpaired) electrons. The van der Waals surface area contributed by atoms with E-state index in [0.29, 0.717) is 55.6 Å². The maximum atomic E-state index is 12.6. The van der Waals surface area contributed by atoms with Gasteiger partial charge in [-0.1, -0.05) is 6.07 Å². The van der Waals surface area contributed by atoms with Crippen molar-refractivity contribution in [2.24, 2.45) is 0 Å². The molecule has 0 unspecified atom stereocenters. The van der Waals surface area contributed by atoms with Crippen LogP contribution in [-0.4, -0.2) is 52.0 Å². The molecule has 2 N–H and O–H groups in total. The highest BCUT2D eigenvalue weighted by Gasteiger charge is 2.17. The predicted octanol–water partition coefficient (Wildman–Crippen LogP) is 2.29. The molecule has 1 aromatic carbocycles. The number of H-pyrrole nitrogens is 1. The molecule has 168 valence electrons. The largest absolute Gasteiger partial charge is 0.378 e. The lowest BCUT2D eigenvalue weighted by molar-refractivity contribution is -0.116. The van der Waals surface area contributed by atoms with Gasteiger partial charge in [-0.15, -0.1) is 0 Å². The van der Waals surface area contributed by atoms with Crippen LogP contribution in [0.25, 0.3) is 5.69 Å². The zero-order valence-electron chi connectivity index (χ0n) is 18.6. The highest BCUT2D eigenvalue weighted by Crippen LogP contribution is 2.17. The maximum absolute atomic E-state index is 12.6. The van der Waals surface area contributed by atoms with E-state index in [1.54, 1.807) is 0 Å². The molecule has 0 bridgehead atoms. The molecule has 3 aromatic rings. The molecule has 32 heavy (non-hydrogen) atoms. The van der Waals surface area contributed by atoms with Gasteiger partial charge in [-0.25, -0.2) is 9.67 Å². The van der Waals surface area contributed by atoms with Crippen molar-refractivity contribution in [3.05, 3.63) is 63.3 Å². The third-order valence-electron chi connectivity index (χ3n) is 5.51. The van der Waals surface area contributed by atoms with Crippen LogP contribution >= 0.6 is 0 Å². The van der Waals surface area contributed by atoms with Crippen molar-refractivity contribution in [1.82, 2.24) is 19.7 Å². The number of benzene rings is 1. The van der Waals surface area contributed by atoms with Gasteiger partial charge in [0.15, 0.2) is 0 Å². The van der Waals surface area contributed by atoms with Crippen LogP contribution in [-0.2, 0) is 16.0 Å². The summed E-state index contributed by atoms with van der Waals surface area (Å²) in [6.07, 6.45) is 0.507. The summed E-state index contributed by atoms with van der Waals surface area (Å²) in [6.45, 7) is 8.37. The summed E-state index contributed by atoms with van der Waals surface area (Å²) in [4.78, 5) is 34.6. The van der Waals surface area contributed by atoms with Gasteiger partial charge in [-0.2, -0.15) is 5.10 Å².